The number of amides is 1. The highest BCUT2D eigenvalue weighted by molar-refractivity contribution is 6.09. The molecule has 26 heavy (non-hydrogen) atoms. The lowest BCUT2D eigenvalue weighted by molar-refractivity contribution is 0.0948. The van der Waals surface area contributed by atoms with Crippen molar-refractivity contribution in [2.45, 2.75) is 6.92 Å². The minimum absolute atomic E-state index is 0.0181. The lowest BCUT2D eigenvalue weighted by Crippen LogP contribution is -2.18. The van der Waals surface area contributed by atoms with Gasteiger partial charge in [-0.15, -0.1) is 0 Å². The summed E-state index contributed by atoms with van der Waals surface area (Å²) in [7, 11) is 1.54. The molecule has 3 rings (SSSR count). The van der Waals surface area contributed by atoms with Crippen LogP contribution in [0.25, 0.3) is 0 Å². The van der Waals surface area contributed by atoms with Crippen LogP contribution >= 0.6 is 0 Å². The van der Waals surface area contributed by atoms with E-state index in [1.165, 1.54) is 6.20 Å². The largest absolute Gasteiger partial charge is 0.497 e. The van der Waals surface area contributed by atoms with Gasteiger partial charge in [-0.3, -0.25) is 9.59 Å². The van der Waals surface area contributed by atoms with Gasteiger partial charge in [-0.05, 0) is 43.3 Å². The zero-order chi connectivity index (χ0) is 18.7. The molecule has 0 saturated heterocycles. The molecular formula is C19H18N4O3. The zero-order valence-corrected chi connectivity index (χ0v) is 14.4. The van der Waals surface area contributed by atoms with Gasteiger partial charge in [0.05, 0.1) is 13.3 Å². The first-order valence-corrected chi connectivity index (χ1v) is 7.90. The number of hydrogen-bond donors (Lipinski definition) is 2. The molecule has 0 radical (unpaired) electrons. The van der Waals surface area contributed by atoms with E-state index in [1.807, 2.05) is 19.1 Å². The van der Waals surface area contributed by atoms with E-state index in [0.717, 1.165) is 10.2 Å². The van der Waals surface area contributed by atoms with Crippen molar-refractivity contribution in [1.82, 2.24) is 9.78 Å². The van der Waals surface area contributed by atoms with Gasteiger partial charge in [-0.2, -0.15) is 9.78 Å². The number of carbonyl (C=O) groups is 2. The molecule has 132 valence electrons. The van der Waals surface area contributed by atoms with Crippen molar-refractivity contribution in [3.63, 3.8) is 0 Å². The molecule has 2 aromatic carbocycles. The SMILES string of the molecule is COc1ccc(C(=O)n2ncc(C(=O)Nc3ccc(C)cc3)c2N)cc1. The van der Waals surface area contributed by atoms with E-state index < -0.39 is 11.8 Å². The van der Waals surface area contributed by atoms with Crippen LogP contribution in [0.2, 0.25) is 0 Å². The monoisotopic (exact) mass is 350 g/mol. The highest BCUT2D eigenvalue weighted by atomic mass is 16.5. The number of anilines is 2. The highest BCUT2D eigenvalue weighted by Crippen LogP contribution is 2.18. The van der Waals surface area contributed by atoms with Crippen molar-refractivity contribution in [2.75, 3.05) is 18.2 Å². The number of aromatic nitrogens is 2. The predicted molar refractivity (Wildman–Crippen MR) is 98.5 cm³/mol. The second kappa shape index (κ2) is 7.10. The second-order valence-electron chi connectivity index (χ2n) is 5.71. The van der Waals surface area contributed by atoms with E-state index in [0.29, 0.717) is 17.0 Å². The number of nitrogens with one attached hydrogen (secondary N) is 1. The standard InChI is InChI=1S/C19H18N4O3/c1-12-3-7-14(8-4-12)22-18(24)16-11-21-23(17(16)20)19(25)13-5-9-15(26-2)10-6-13/h3-11H,20H2,1-2H3,(H,22,24). The van der Waals surface area contributed by atoms with Crippen LogP contribution in [-0.4, -0.2) is 28.7 Å². The first-order valence-electron chi connectivity index (χ1n) is 7.90. The maximum Gasteiger partial charge on any atom is 0.280 e. The highest BCUT2D eigenvalue weighted by Gasteiger charge is 2.20. The normalized spacial score (nSPS) is 10.4. The molecule has 0 spiro atoms. The molecule has 1 aromatic heterocycles. The summed E-state index contributed by atoms with van der Waals surface area (Å²) >= 11 is 0. The third-order valence-electron chi connectivity index (χ3n) is 3.89. The fraction of sp³-hybridized carbons (Fsp3) is 0.105. The first-order chi connectivity index (χ1) is 12.5. The van der Waals surface area contributed by atoms with Gasteiger partial charge in [0, 0.05) is 11.3 Å². The van der Waals surface area contributed by atoms with Crippen LogP contribution in [-0.2, 0) is 0 Å². The summed E-state index contributed by atoms with van der Waals surface area (Å²) < 4.78 is 6.07. The summed E-state index contributed by atoms with van der Waals surface area (Å²) in [6.07, 6.45) is 1.28. The van der Waals surface area contributed by atoms with Crippen LogP contribution in [0.15, 0.2) is 54.7 Å². The third-order valence-corrected chi connectivity index (χ3v) is 3.89. The van der Waals surface area contributed by atoms with E-state index in [1.54, 1.807) is 43.5 Å². The topological polar surface area (TPSA) is 99.2 Å². The van der Waals surface area contributed by atoms with Gasteiger partial charge in [-0.1, -0.05) is 17.7 Å². The van der Waals surface area contributed by atoms with E-state index in [9.17, 15) is 9.59 Å². The number of hydrogen-bond acceptors (Lipinski definition) is 5. The van der Waals surface area contributed by atoms with Crippen LogP contribution in [0.3, 0.4) is 0 Å². The van der Waals surface area contributed by atoms with Gasteiger partial charge < -0.3 is 15.8 Å². The number of carbonyl (C=O) groups excluding carboxylic acids is 2. The summed E-state index contributed by atoms with van der Waals surface area (Å²) in [6.45, 7) is 1.96. The van der Waals surface area contributed by atoms with Crippen molar-refractivity contribution in [3.8, 4) is 5.75 Å². The third kappa shape index (κ3) is 3.41. The molecule has 0 atom stereocenters. The van der Waals surface area contributed by atoms with Crippen LogP contribution < -0.4 is 15.8 Å². The van der Waals surface area contributed by atoms with Gasteiger partial charge in [0.1, 0.15) is 17.1 Å². The average Bonchev–Trinajstić information content (AvgIpc) is 3.04. The maximum absolute atomic E-state index is 12.5. The quantitative estimate of drug-likeness (QED) is 0.754. The Morgan fingerprint density at radius 3 is 2.35 bits per heavy atom. The Morgan fingerprint density at radius 1 is 1.08 bits per heavy atom. The molecule has 1 amide bonds. The number of methoxy groups -OCH3 is 1. The average molecular weight is 350 g/mol. The van der Waals surface area contributed by atoms with Crippen molar-refractivity contribution in [2.24, 2.45) is 0 Å². The molecule has 7 heteroatoms. The number of ether oxygens (including phenoxy) is 1. The number of benzene rings is 2. The molecule has 0 aliphatic carbocycles. The van der Waals surface area contributed by atoms with Crippen LogP contribution in [0, 0.1) is 6.92 Å². The fourth-order valence-corrected chi connectivity index (χ4v) is 2.39. The first kappa shape index (κ1) is 17.2. The number of aryl methyl sites for hydroxylation is 1. The van der Waals surface area contributed by atoms with Gasteiger partial charge >= 0.3 is 0 Å². The minimum Gasteiger partial charge on any atom is -0.497 e. The van der Waals surface area contributed by atoms with Gasteiger partial charge in [0.15, 0.2) is 0 Å². The van der Waals surface area contributed by atoms with Crippen LogP contribution in [0.5, 0.6) is 5.75 Å². The fourth-order valence-electron chi connectivity index (χ4n) is 2.39. The maximum atomic E-state index is 12.5. The smallest absolute Gasteiger partial charge is 0.280 e. The predicted octanol–water partition coefficient (Wildman–Crippen LogP) is 2.72. The lowest BCUT2D eigenvalue weighted by Gasteiger charge is -2.06. The van der Waals surface area contributed by atoms with Gasteiger partial charge in [-0.25, -0.2) is 0 Å². The lowest BCUT2D eigenvalue weighted by atomic mass is 10.2. The molecule has 0 aliphatic heterocycles. The summed E-state index contributed by atoms with van der Waals surface area (Å²) in [4.78, 5) is 24.9. The Labute approximate surface area is 150 Å². The van der Waals surface area contributed by atoms with E-state index >= 15 is 0 Å². The Balaban J connectivity index is 1.81. The Hall–Kier alpha value is -3.61. The Bertz CT molecular complexity index is 944. The van der Waals surface area contributed by atoms with Crippen molar-refractivity contribution >= 4 is 23.3 Å². The summed E-state index contributed by atoms with van der Waals surface area (Å²) in [5.74, 6) is -0.247. The van der Waals surface area contributed by atoms with Gasteiger partial charge in [0.2, 0.25) is 0 Å². The zero-order valence-electron chi connectivity index (χ0n) is 14.4. The molecule has 3 aromatic rings. The molecule has 3 N–H and O–H groups in total. The Morgan fingerprint density at radius 2 is 1.73 bits per heavy atom. The van der Waals surface area contributed by atoms with Crippen molar-refractivity contribution in [1.29, 1.82) is 0 Å². The summed E-state index contributed by atoms with van der Waals surface area (Å²) in [6, 6.07) is 13.9. The molecule has 0 bridgehead atoms. The molecule has 0 fully saturated rings. The Kier molecular flexibility index (Phi) is 4.70. The molecule has 0 unspecified atom stereocenters. The number of nitrogen functional groups attached to an aromatic ring is 1. The number of nitrogens with two attached hydrogens (primary N) is 1. The molecule has 0 aliphatic rings. The van der Waals surface area contributed by atoms with Crippen LogP contribution in [0.1, 0.15) is 26.3 Å². The van der Waals surface area contributed by atoms with E-state index in [2.05, 4.69) is 10.4 Å². The van der Waals surface area contributed by atoms with Gasteiger partial charge in [0.25, 0.3) is 11.8 Å². The molecule has 7 nitrogen and oxygen atoms in total. The van der Waals surface area contributed by atoms with Crippen LogP contribution in [0.4, 0.5) is 11.5 Å². The van der Waals surface area contributed by atoms with E-state index in [4.69, 9.17) is 10.5 Å². The second-order valence-corrected chi connectivity index (χ2v) is 5.71. The number of rotatable bonds is 4. The van der Waals surface area contributed by atoms with Crippen molar-refractivity contribution in [3.05, 3.63) is 71.4 Å². The molecule has 1 heterocycles. The molecular weight excluding hydrogens is 332 g/mol. The summed E-state index contributed by atoms with van der Waals surface area (Å²) in [5, 5.41) is 6.69. The minimum atomic E-state index is -0.431. The van der Waals surface area contributed by atoms with Crippen molar-refractivity contribution < 1.29 is 14.3 Å². The molecule has 0 saturated carbocycles. The number of nitrogens with zero attached hydrogens (tertiary/aromatic N) is 2. The van der Waals surface area contributed by atoms with E-state index in [-0.39, 0.29) is 11.4 Å². The summed E-state index contributed by atoms with van der Waals surface area (Å²) in [5.41, 5.74) is 8.20.